The Morgan fingerprint density at radius 1 is 0.560 bits per heavy atom. The standard InChI is InChI=1S/C44H81NO5/c1-3-5-7-9-11-13-15-16-17-22-26-30-34-38-44(49)50-39-35-31-27-23-19-18-21-25-29-33-37-43(48)45-41(40-46)42(47)36-32-28-24-20-14-12-10-8-6-4-2/h7,9,13,15,32,36,41-42,46-47H,3-6,8,10-12,14,16-31,33-35,37-40H2,1-2H3,(H,45,48)/b9-7-,15-13-,36-32+. The van der Waals surface area contributed by atoms with Gasteiger partial charge in [-0.15, -0.1) is 0 Å². The van der Waals surface area contributed by atoms with Crippen LogP contribution in [0.2, 0.25) is 0 Å². The minimum Gasteiger partial charge on any atom is -0.466 e. The van der Waals surface area contributed by atoms with Crippen LogP contribution in [0, 0.1) is 0 Å². The van der Waals surface area contributed by atoms with Gasteiger partial charge in [0.2, 0.25) is 5.91 Å². The number of carbonyl (C=O) groups excluding carboxylic acids is 2. The Morgan fingerprint density at radius 3 is 1.60 bits per heavy atom. The van der Waals surface area contributed by atoms with E-state index in [1.807, 2.05) is 6.08 Å². The average Bonchev–Trinajstić information content (AvgIpc) is 3.11. The Balaban J connectivity index is 3.54. The van der Waals surface area contributed by atoms with Gasteiger partial charge in [-0.3, -0.25) is 9.59 Å². The first-order chi connectivity index (χ1) is 24.5. The maximum atomic E-state index is 12.3. The minimum atomic E-state index is -0.857. The maximum Gasteiger partial charge on any atom is 0.305 e. The van der Waals surface area contributed by atoms with Gasteiger partial charge in [0.1, 0.15) is 0 Å². The van der Waals surface area contributed by atoms with Crippen LogP contribution in [0.5, 0.6) is 0 Å². The number of aliphatic hydroxyl groups is 2. The van der Waals surface area contributed by atoms with Crippen molar-refractivity contribution in [2.45, 2.75) is 219 Å². The number of rotatable bonds is 38. The van der Waals surface area contributed by atoms with Gasteiger partial charge in [-0.25, -0.2) is 0 Å². The molecule has 2 unspecified atom stereocenters. The number of esters is 1. The number of allylic oxidation sites excluding steroid dienone is 5. The van der Waals surface area contributed by atoms with E-state index in [-0.39, 0.29) is 18.5 Å². The second-order valence-electron chi connectivity index (χ2n) is 14.3. The van der Waals surface area contributed by atoms with E-state index < -0.39 is 12.1 Å². The zero-order valence-electron chi connectivity index (χ0n) is 32.9. The Morgan fingerprint density at radius 2 is 1.04 bits per heavy atom. The van der Waals surface area contributed by atoms with Crippen molar-refractivity contribution in [3.8, 4) is 0 Å². The van der Waals surface area contributed by atoms with E-state index in [0.29, 0.717) is 19.4 Å². The van der Waals surface area contributed by atoms with Gasteiger partial charge in [0.05, 0.1) is 25.4 Å². The molecule has 0 aromatic rings. The van der Waals surface area contributed by atoms with Crippen molar-refractivity contribution in [1.29, 1.82) is 0 Å². The van der Waals surface area contributed by atoms with Crippen molar-refractivity contribution in [3.63, 3.8) is 0 Å². The van der Waals surface area contributed by atoms with Crippen LogP contribution in [-0.4, -0.2) is 47.4 Å². The summed E-state index contributed by atoms with van der Waals surface area (Å²) in [7, 11) is 0. The molecule has 0 aromatic carbocycles. The van der Waals surface area contributed by atoms with Crippen LogP contribution in [0.25, 0.3) is 0 Å². The highest BCUT2D eigenvalue weighted by atomic mass is 16.5. The SMILES string of the molecule is CCC/C=C\C/C=C\CCCCCCCC(=O)OCCCCCCCCCCCCC(=O)NC(CO)C(O)/C=C/CCCCCCCCCC. The van der Waals surface area contributed by atoms with Gasteiger partial charge in [-0.05, 0) is 57.8 Å². The molecule has 0 aliphatic heterocycles. The zero-order chi connectivity index (χ0) is 36.6. The summed E-state index contributed by atoms with van der Waals surface area (Å²) >= 11 is 0. The molecule has 292 valence electrons. The van der Waals surface area contributed by atoms with Crippen LogP contribution < -0.4 is 5.32 Å². The molecule has 6 nitrogen and oxygen atoms in total. The average molecular weight is 704 g/mol. The molecule has 0 saturated heterocycles. The fourth-order valence-electron chi connectivity index (χ4n) is 6.08. The van der Waals surface area contributed by atoms with Gasteiger partial charge in [0.25, 0.3) is 0 Å². The van der Waals surface area contributed by atoms with Crippen LogP contribution in [0.1, 0.15) is 206 Å². The number of aliphatic hydroxyl groups excluding tert-OH is 2. The van der Waals surface area contributed by atoms with Gasteiger partial charge in [0, 0.05) is 12.8 Å². The molecular formula is C44H81NO5. The molecule has 0 radical (unpaired) electrons. The Hall–Kier alpha value is -1.92. The van der Waals surface area contributed by atoms with Crippen molar-refractivity contribution in [2.75, 3.05) is 13.2 Å². The summed E-state index contributed by atoms with van der Waals surface area (Å²) in [6.07, 6.45) is 45.5. The molecule has 2 atom stereocenters. The lowest BCUT2D eigenvalue weighted by molar-refractivity contribution is -0.143. The molecule has 0 aliphatic rings. The third-order valence-corrected chi connectivity index (χ3v) is 9.39. The third-order valence-electron chi connectivity index (χ3n) is 9.39. The highest BCUT2D eigenvalue weighted by molar-refractivity contribution is 5.76. The zero-order valence-corrected chi connectivity index (χ0v) is 32.9. The number of ether oxygens (including phenoxy) is 1. The number of hydrogen-bond donors (Lipinski definition) is 3. The van der Waals surface area contributed by atoms with Gasteiger partial charge < -0.3 is 20.3 Å². The van der Waals surface area contributed by atoms with Crippen molar-refractivity contribution in [3.05, 3.63) is 36.5 Å². The fraction of sp³-hybridized carbons (Fsp3) is 0.818. The van der Waals surface area contributed by atoms with Gasteiger partial charge in [-0.1, -0.05) is 172 Å². The van der Waals surface area contributed by atoms with Crippen LogP contribution >= 0.6 is 0 Å². The summed E-state index contributed by atoms with van der Waals surface area (Å²) in [6.45, 7) is 4.73. The Labute approximate surface area is 309 Å². The summed E-state index contributed by atoms with van der Waals surface area (Å²) < 4.78 is 5.42. The number of hydrogen-bond acceptors (Lipinski definition) is 5. The largest absolute Gasteiger partial charge is 0.466 e. The van der Waals surface area contributed by atoms with Crippen molar-refractivity contribution in [2.24, 2.45) is 0 Å². The first-order valence-electron chi connectivity index (χ1n) is 21.3. The summed E-state index contributed by atoms with van der Waals surface area (Å²) in [5.74, 6) is -0.134. The van der Waals surface area contributed by atoms with E-state index in [1.165, 1.54) is 109 Å². The second kappa shape index (κ2) is 39.9. The lowest BCUT2D eigenvalue weighted by Crippen LogP contribution is -2.45. The smallest absolute Gasteiger partial charge is 0.305 e. The Kier molecular flexibility index (Phi) is 38.3. The van der Waals surface area contributed by atoms with Crippen LogP contribution in [-0.2, 0) is 14.3 Å². The van der Waals surface area contributed by atoms with Gasteiger partial charge >= 0.3 is 5.97 Å². The van der Waals surface area contributed by atoms with E-state index in [4.69, 9.17) is 4.74 Å². The van der Waals surface area contributed by atoms with E-state index in [2.05, 4.69) is 43.5 Å². The minimum absolute atomic E-state index is 0.0379. The van der Waals surface area contributed by atoms with Crippen LogP contribution in [0.15, 0.2) is 36.5 Å². The molecule has 0 bridgehead atoms. The summed E-state index contributed by atoms with van der Waals surface area (Å²) in [5, 5.41) is 22.8. The van der Waals surface area contributed by atoms with E-state index in [0.717, 1.165) is 70.6 Å². The van der Waals surface area contributed by atoms with Crippen LogP contribution in [0.4, 0.5) is 0 Å². The first kappa shape index (κ1) is 48.1. The molecule has 1 amide bonds. The summed E-state index contributed by atoms with van der Waals surface area (Å²) in [6, 6.07) is -0.643. The second-order valence-corrected chi connectivity index (χ2v) is 14.3. The third kappa shape index (κ3) is 35.9. The monoisotopic (exact) mass is 704 g/mol. The van der Waals surface area contributed by atoms with E-state index in [9.17, 15) is 19.8 Å². The fourth-order valence-corrected chi connectivity index (χ4v) is 6.08. The number of unbranched alkanes of at least 4 members (excludes halogenated alkanes) is 23. The molecule has 0 rings (SSSR count). The van der Waals surface area contributed by atoms with E-state index in [1.54, 1.807) is 6.08 Å². The molecular weight excluding hydrogens is 622 g/mol. The predicted molar refractivity (Wildman–Crippen MR) is 213 cm³/mol. The molecule has 50 heavy (non-hydrogen) atoms. The lowest BCUT2D eigenvalue weighted by Gasteiger charge is -2.20. The normalized spacial score (nSPS) is 13.1. The van der Waals surface area contributed by atoms with Crippen molar-refractivity contribution in [1.82, 2.24) is 5.32 Å². The van der Waals surface area contributed by atoms with Gasteiger partial charge in [0.15, 0.2) is 0 Å². The number of amides is 1. The molecule has 0 saturated carbocycles. The highest BCUT2D eigenvalue weighted by Gasteiger charge is 2.18. The molecule has 0 spiro atoms. The van der Waals surface area contributed by atoms with Crippen LogP contribution in [0.3, 0.4) is 0 Å². The predicted octanol–water partition coefficient (Wildman–Crippen LogP) is 11.8. The molecule has 0 fully saturated rings. The summed E-state index contributed by atoms with van der Waals surface area (Å²) in [5.41, 5.74) is 0. The number of carbonyl (C=O) groups is 2. The Bertz CT molecular complexity index is 823. The van der Waals surface area contributed by atoms with Crippen molar-refractivity contribution < 1.29 is 24.5 Å². The number of nitrogens with one attached hydrogen (secondary N) is 1. The highest BCUT2D eigenvalue weighted by Crippen LogP contribution is 2.13. The maximum absolute atomic E-state index is 12.3. The summed E-state index contributed by atoms with van der Waals surface area (Å²) in [4.78, 5) is 24.3. The molecule has 0 heterocycles. The molecule has 0 aromatic heterocycles. The molecule has 3 N–H and O–H groups in total. The van der Waals surface area contributed by atoms with Crippen molar-refractivity contribution >= 4 is 11.9 Å². The first-order valence-corrected chi connectivity index (χ1v) is 21.3. The van der Waals surface area contributed by atoms with E-state index >= 15 is 0 Å². The molecule has 6 heteroatoms. The quantitative estimate of drug-likeness (QED) is 0.0338. The van der Waals surface area contributed by atoms with Gasteiger partial charge in [-0.2, -0.15) is 0 Å². The lowest BCUT2D eigenvalue weighted by atomic mass is 10.1. The molecule has 0 aliphatic carbocycles. The topological polar surface area (TPSA) is 95.9 Å².